The molecule has 0 spiro atoms. The molecule has 1 unspecified atom stereocenters. The molecule has 26 heavy (non-hydrogen) atoms. The highest BCUT2D eigenvalue weighted by Gasteiger charge is 2.49. The quantitative estimate of drug-likeness (QED) is 0.405. The Morgan fingerprint density at radius 1 is 1.23 bits per heavy atom. The van der Waals surface area contributed by atoms with Gasteiger partial charge < -0.3 is 13.7 Å². The fourth-order valence-electron chi connectivity index (χ4n) is 2.02. The van der Waals surface area contributed by atoms with E-state index in [9.17, 15) is 31.2 Å². The first-order valence-electron chi connectivity index (χ1n) is 7.45. The van der Waals surface area contributed by atoms with Crippen molar-refractivity contribution < 1.29 is 44.8 Å². The van der Waals surface area contributed by atoms with E-state index in [0.717, 1.165) is 18.1 Å². The standard InChI is InChI=1S/C14H20F3NO7S/c1-13(2,3)24-12(20)18-8-7-9(5-6-10(18)11(19)23-4)25-26(21,22)14(15,16)17/h5,10H,6-8H2,1-4H3. The number of hydrogen-bond acceptors (Lipinski definition) is 7. The first-order valence-corrected chi connectivity index (χ1v) is 8.86. The van der Waals surface area contributed by atoms with Gasteiger partial charge in [0.1, 0.15) is 17.4 Å². The van der Waals surface area contributed by atoms with E-state index in [4.69, 9.17) is 4.74 Å². The van der Waals surface area contributed by atoms with Gasteiger partial charge in [-0.1, -0.05) is 0 Å². The van der Waals surface area contributed by atoms with Crippen LogP contribution in [-0.2, 0) is 28.6 Å². The van der Waals surface area contributed by atoms with Gasteiger partial charge in [-0.3, -0.25) is 4.90 Å². The Morgan fingerprint density at radius 3 is 2.27 bits per heavy atom. The average molecular weight is 403 g/mol. The minimum Gasteiger partial charge on any atom is -0.467 e. The van der Waals surface area contributed by atoms with Crippen molar-refractivity contribution in [1.82, 2.24) is 4.90 Å². The van der Waals surface area contributed by atoms with Crippen molar-refractivity contribution in [3.63, 3.8) is 0 Å². The van der Waals surface area contributed by atoms with Crippen LogP contribution in [0.25, 0.3) is 0 Å². The van der Waals surface area contributed by atoms with Crippen LogP contribution in [0.4, 0.5) is 18.0 Å². The molecule has 1 aliphatic rings. The number of alkyl halides is 3. The average Bonchev–Trinajstić information content (AvgIpc) is 2.65. The van der Waals surface area contributed by atoms with E-state index in [2.05, 4.69) is 8.92 Å². The molecular weight excluding hydrogens is 383 g/mol. The normalized spacial score (nSPS) is 19.3. The number of rotatable bonds is 3. The maximum absolute atomic E-state index is 12.4. The number of methoxy groups -OCH3 is 1. The monoisotopic (exact) mass is 403 g/mol. The topological polar surface area (TPSA) is 99.2 Å². The maximum atomic E-state index is 12.4. The van der Waals surface area contributed by atoms with Gasteiger partial charge >= 0.3 is 27.7 Å². The molecule has 0 N–H and O–H groups in total. The summed E-state index contributed by atoms with van der Waals surface area (Å²) in [5, 5.41) is 0. The minimum atomic E-state index is -5.84. The smallest absolute Gasteiger partial charge is 0.467 e. The third-order valence-electron chi connectivity index (χ3n) is 3.15. The van der Waals surface area contributed by atoms with Gasteiger partial charge in [-0.05, 0) is 26.8 Å². The van der Waals surface area contributed by atoms with Crippen LogP contribution in [0.5, 0.6) is 0 Å². The fraction of sp³-hybridized carbons (Fsp3) is 0.714. The second-order valence-electron chi connectivity index (χ2n) is 6.35. The number of esters is 1. The fourth-order valence-corrected chi connectivity index (χ4v) is 2.55. The molecule has 0 aliphatic carbocycles. The van der Waals surface area contributed by atoms with Gasteiger partial charge in [0, 0.05) is 19.4 Å². The van der Waals surface area contributed by atoms with Crippen LogP contribution in [0, 0.1) is 0 Å². The molecular formula is C14H20F3NO7S. The molecule has 0 saturated carbocycles. The zero-order valence-electron chi connectivity index (χ0n) is 14.6. The number of nitrogens with zero attached hydrogens (tertiary/aromatic N) is 1. The van der Waals surface area contributed by atoms with E-state index in [1.54, 1.807) is 20.8 Å². The van der Waals surface area contributed by atoms with Crippen LogP contribution in [0.1, 0.15) is 33.6 Å². The van der Waals surface area contributed by atoms with Crippen LogP contribution in [0.2, 0.25) is 0 Å². The zero-order chi connectivity index (χ0) is 20.3. The molecule has 1 heterocycles. The minimum absolute atomic E-state index is 0.297. The van der Waals surface area contributed by atoms with Crippen molar-refractivity contribution in [3.05, 3.63) is 11.8 Å². The van der Waals surface area contributed by atoms with Crippen LogP contribution in [0.3, 0.4) is 0 Å². The molecule has 0 aromatic heterocycles. The Labute approximate surface area is 149 Å². The summed E-state index contributed by atoms with van der Waals surface area (Å²) >= 11 is 0. The van der Waals surface area contributed by atoms with Gasteiger partial charge in [0.05, 0.1) is 7.11 Å². The number of hydrogen-bond donors (Lipinski definition) is 0. The maximum Gasteiger partial charge on any atom is 0.534 e. The Balaban J connectivity index is 3.04. The molecule has 0 fully saturated rings. The highest BCUT2D eigenvalue weighted by atomic mass is 32.2. The Bertz CT molecular complexity index is 680. The summed E-state index contributed by atoms with van der Waals surface area (Å²) in [6, 6.07) is -1.19. The molecule has 1 aliphatic heterocycles. The van der Waals surface area contributed by atoms with Crippen LogP contribution in [-0.4, -0.2) is 56.2 Å². The lowest BCUT2D eigenvalue weighted by atomic mass is 10.2. The second-order valence-corrected chi connectivity index (χ2v) is 7.89. The third kappa shape index (κ3) is 5.78. The number of amides is 1. The van der Waals surface area contributed by atoms with Crippen molar-refractivity contribution >= 4 is 22.2 Å². The predicted molar refractivity (Wildman–Crippen MR) is 82.1 cm³/mol. The molecule has 1 amide bonds. The number of carbonyl (C=O) groups excluding carboxylic acids is 2. The lowest BCUT2D eigenvalue weighted by Crippen LogP contribution is -2.47. The van der Waals surface area contributed by atoms with Crippen LogP contribution < -0.4 is 0 Å². The van der Waals surface area contributed by atoms with Crippen molar-refractivity contribution in [1.29, 1.82) is 0 Å². The Kier molecular flexibility index (Phi) is 6.55. The molecule has 150 valence electrons. The summed E-state index contributed by atoms with van der Waals surface area (Å²) in [6.07, 6.45) is -0.535. The van der Waals surface area contributed by atoms with E-state index >= 15 is 0 Å². The summed E-state index contributed by atoms with van der Waals surface area (Å²) in [5.41, 5.74) is -6.47. The third-order valence-corrected chi connectivity index (χ3v) is 4.15. The van der Waals surface area contributed by atoms with Gasteiger partial charge in [-0.15, -0.1) is 0 Å². The van der Waals surface area contributed by atoms with E-state index in [1.165, 1.54) is 0 Å². The molecule has 1 atom stereocenters. The lowest BCUT2D eigenvalue weighted by Gasteiger charge is -2.30. The van der Waals surface area contributed by atoms with Crippen molar-refractivity contribution in [2.24, 2.45) is 0 Å². The van der Waals surface area contributed by atoms with Crippen LogP contribution >= 0.6 is 0 Å². The molecule has 0 aromatic rings. The molecule has 0 saturated heterocycles. The van der Waals surface area contributed by atoms with Crippen molar-refractivity contribution in [2.75, 3.05) is 13.7 Å². The summed E-state index contributed by atoms with van der Waals surface area (Å²) in [5.74, 6) is -1.35. The number of halogens is 3. The zero-order valence-corrected chi connectivity index (χ0v) is 15.4. The highest BCUT2D eigenvalue weighted by molar-refractivity contribution is 7.87. The molecule has 1 rings (SSSR count). The second kappa shape index (κ2) is 7.72. The van der Waals surface area contributed by atoms with E-state index in [-0.39, 0.29) is 19.4 Å². The Hall–Kier alpha value is -1.98. The summed E-state index contributed by atoms with van der Waals surface area (Å²) in [7, 11) is -4.76. The molecule has 0 bridgehead atoms. The SMILES string of the molecule is COC(=O)C1CC=C(OS(=O)(=O)C(F)(F)F)CCN1C(=O)OC(C)(C)C. The summed E-state index contributed by atoms with van der Waals surface area (Å²) in [4.78, 5) is 25.2. The molecule has 12 heteroatoms. The van der Waals surface area contributed by atoms with E-state index in [0.29, 0.717) is 0 Å². The summed E-state index contributed by atoms with van der Waals surface area (Å²) in [6.45, 7) is 4.49. The van der Waals surface area contributed by atoms with E-state index in [1.807, 2.05) is 0 Å². The largest absolute Gasteiger partial charge is 0.534 e. The van der Waals surface area contributed by atoms with Gasteiger partial charge in [0.15, 0.2) is 0 Å². The van der Waals surface area contributed by atoms with Gasteiger partial charge in [-0.2, -0.15) is 21.6 Å². The highest BCUT2D eigenvalue weighted by Crippen LogP contribution is 2.29. The van der Waals surface area contributed by atoms with Crippen molar-refractivity contribution in [2.45, 2.75) is 50.8 Å². The predicted octanol–water partition coefficient (Wildman–Crippen LogP) is 2.31. The first-order chi connectivity index (χ1) is 11.7. The number of ether oxygens (including phenoxy) is 2. The molecule has 8 nitrogen and oxygen atoms in total. The van der Waals surface area contributed by atoms with Crippen molar-refractivity contribution in [3.8, 4) is 0 Å². The molecule has 0 radical (unpaired) electrons. The molecule has 0 aromatic carbocycles. The van der Waals surface area contributed by atoms with Gasteiger partial charge in [0.25, 0.3) is 0 Å². The van der Waals surface area contributed by atoms with Gasteiger partial charge in [0.2, 0.25) is 0 Å². The first kappa shape index (κ1) is 22.1. The van der Waals surface area contributed by atoms with E-state index < -0.39 is 45.1 Å². The van der Waals surface area contributed by atoms with Gasteiger partial charge in [-0.25, -0.2) is 9.59 Å². The Morgan fingerprint density at radius 2 is 1.81 bits per heavy atom. The van der Waals surface area contributed by atoms with Crippen LogP contribution in [0.15, 0.2) is 11.8 Å². The lowest BCUT2D eigenvalue weighted by molar-refractivity contribution is -0.146. The summed E-state index contributed by atoms with van der Waals surface area (Å²) < 4.78 is 73.4. The number of carbonyl (C=O) groups is 2.